The smallest absolute Gasteiger partial charge is 0.326 e. The zero-order valence-electron chi connectivity index (χ0n) is 13.9. The number of urea groups is 1. The largest absolute Gasteiger partial charge is 0.492 e. The van der Waals surface area contributed by atoms with Crippen molar-refractivity contribution in [3.05, 3.63) is 29.3 Å². The average Bonchev–Trinajstić information content (AvgIpc) is 3.36. The van der Waals surface area contributed by atoms with E-state index in [9.17, 15) is 9.59 Å². The van der Waals surface area contributed by atoms with Crippen LogP contribution >= 0.6 is 11.6 Å². The van der Waals surface area contributed by atoms with Crippen LogP contribution in [0.3, 0.4) is 0 Å². The summed E-state index contributed by atoms with van der Waals surface area (Å²) in [5, 5.41) is 3.52. The third kappa shape index (κ3) is 3.49. The summed E-state index contributed by atoms with van der Waals surface area (Å²) in [5.74, 6) is 0.891. The van der Waals surface area contributed by atoms with Crippen molar-refractivity contribution >= 4 is 23.5 Å². The van der Waals surface area contributed by atoms with Gasteiger partial charge in [0, 0.05) is 11.6 Å². The van der Waals surface area contributed by atoms with E-state index in [4.69, 9.17) is 16.3 Å². The fourth-order valence-corrected chi connectivity index (χ4v) is 3.07. The molecule has 3 amide bonds. The van der Waals surface area contributed by atoms with Gasteiger partial charge in [0.25, 0.3) is 5.91 Å². The molecule has 2 aliphatic rings. The van der Waals surface area contributed by atoms with E-state index in [-0.39, 0.29) is 24.5 Å². The summed E-state index contributed by atoms with van der Waals surface area (Å²) in [5.41, 5.74) is -0.724. The Morgan fingerprint density at radius 1 is 1.33 bits per heavy atom. The molecule has 1 aromatic rings. The van der Waals surface area contributed by atoms with Crippen LogP contribution in [0.5, 0.6) is 5.75 Å². The van der Waals surface area contributed by atoms with Crippen molar-refractivity contribution in [2.45, 2.75) is 25.3 Å². The Morgan fingerprint density at radius 2 is 2.00 bits per heavy atom. The predicted molar refractivity (Wildman–Crippen MR) is 91.0 cm³/mol. The molecule has 1 aromatic carbocycles. The summed E-state index contributed by atoms with van der Waals surface area (Å²) < 4.78 is 5.63. The Balaban J connectivity index is 1.48. The van der Waals surface area contributed by atoms with Gasteiger partial charge in [0.15, 0.2) is 0 Å². The molecule has 1 aliphatic carbocycles. The molecule has 1 saturated carbocycles. The van der Waals surface area contributed by atoms with Crippen LogP contribution in [0.1, 0.15) is 19.8 Å². The molecule has 1 saturated heterocycles. The Labute approximate surface area is 146 Å². The summed E-state index contributed by atoms with van der Waals surface area (Å²) in [4.78, 5) is 27.9. The number of nitrogens with zero attached hydrogens (tertiary/aromatic N) is 2. The summed E-state index contributed by atoms with van der Waals surface area (Å²) in [6, 6.07) is 6.85. The van der Waals surface area contributed by atoms with Gasteiger partial charge in [0.05, 0.1) is 6.67 Å². The van der Waals surface area contributed by atoms with Crippen LogP contribution in [0, 0.1) is 5.92 Å². The van der Waals surface area contributed by atoms with E-state index in [1.165, 1.54) is 4.90 Å². The maximum absolute atomic E-state index is 12.6. The molecule has 6 nitrogen and oxygen atoms in total. The molecule has 1 heterocycles. The number of benzene rings is 1. The SMILES string of the molecule is CN(CCOc1ccc(Cl)cc1)CN1C(=O)N[C@@](C)(C2CC2)C1=O. The average molecular weight is 352 g/mol. The van der Waals surface area contributed by atoms with Crippen LogP contribution in [0.4, 0.5) is 4.79 Å². The zero-order chi connectivity index (χ0) is 17.3. The van der Waals surface area contributed by atoms with Gasteiger partial charge in [0.1, 0.15) is 17.9 Å². The van der Waals surface area contributed by atoms with E-state index in [1.54, 1.807) is 24.3 Å². The molecule has 7 heteroatoms. The molecule has 0 bridgehead atoms. The molecule has 130 valence electrons. The van der Waals surface area contributed by atoms with Gasteiger partial charge in [-0.1, -0.05) is 11.6 Å². The minimum atomic E-state index is -0.724. The fourth-order valence-electron chi connectivity index (χ4n) is 2.94. The zero-order valence-corrected chi connectivity index (χ0v) is 14.7. The number of halogens is 1. The fraction of sp³-hybridized carbons (Fsp3) is 0.529. The number of likely N-dealkylation sites (N-methyl/N-ethyl adjacent to an activating group) is 1. The standard InChI is InChI=1S/C17H22ClN3O3/c1-17(12-3-4-12)15(22)21(16(23)19-17)11-20(2)9-10-24-14-7-5-13(18)6-8-14/h5-8,12H,3-4,9-11H2,1-2H3,(H,19,23)/t17-/m0/s1. The van der Waals surface area contributed by atoms with Gasteiger partial charge in [-0.2, -0.15) is 0 Å². The molecule has 0 spiro atoms. The number of rotatable bonds is 7. The van der Waals surface area contributed by atoms with Gasteiger partial charge in [-0.3, -0.25) is 9.69 Å². The first-order chi connectivity index (χ1) is 11.4. The number of imide groups is 1. The summed E-state index contributed by atoms with van der Waals surface area (Å²) >= 11 is 5.83. The van der Waals surface area contributed by atoms with Crippen LogP contribution < -0.4 is 10.1 Å². The maximum Gasteiger partial charge on any atom is 0.326 e. The monoisotopic (exact) mass is 351 g/mol. The van der Waals surface area contributed by atoms with E-state index in [0.29, 0.717) is 18.2 Å². The number of hydrogen-bond acceptors (Lipinski definition) is 4. The lowest BCUT2D eigenvalue weighted by Crippen LogP contribution is -2.47. The van der Waals surface area contributed by atoms with E-state index in [1.807, 2.05) is 18.9 Å². The van der Waals surface area contributed by atoms with Gasteiger partial charge in [-0.05, 0) is 57.0 Å². The molecule has 2 fully saturated rings. The highest BCUT2D eigenvalue weighted by molar-refractivity contribution is 6.30. The van der Waals surface area contributed by atoms with E-state index in [2.05, 4.69) is 5.32 Å². The topological polar surface area (TPSA) is 61.9 Å². The molecular weight excluding hydrogens is 330 g/mol. The molecule has 24 heavy (non-hydrogen) atoms. The Bertz CT molecular complexity index is 632. The van der Waals surface area contributed by atoms with Gasteiger partial charge >= 0.3 is 6.03 Å². The van der Waals surface area contributed by atoms with E-state index in [0.717, 1.165) is 18.6 Å². The van der Waals surface area contributed by atoms with Crippen LogP contribution in [0.25, 0.3) is 0 Å². The molecule has 1 atom stereocenters. The number of amides is 3. The van der Waals surface area contributed by atoms with Gasteiger partial charge in [-0.15, -0.1) is 0 Å². The third-order valence-electron chi connectivity index (χ3n) is 4.63. The highest BCUT2D eigenvalue weighted by Gasteiger charge is 2.55. The predicted octanol–water partition coefficient (Wildman–Crippen LogP) is 2.33. The normalized spacial score (nSPS) is 23.8. The van der Waals surface area contributed by atoms with Crippen LogP contribution in [0.15, 0.2) is 24.3 Å². The first kappa shape index (κ1) is 17.0. The van der Waals surface area contributed by atoms with Crippen molar-refractivity contribution in [1.29, 1.82) is 0 Å². The highest BCUT2D eigenvalue weighted by Crippen LogP contribution is 2.42. The second-order valence-electron chi connectivity index (χ2n) is 6.66. The second kappa shape index (κ2) is 6.61. The van der Waals surface area contributed by atoms with Gasteiger partial charge in [0.2, 0.25) is 0 Å². The number of nitrogens with one attached hydrogen (secondary N) is 1. The van der Waals surface area contributed by atoms with Crippen LogP contribution in [-0.4, -0.2) is 54.1 Å². The molecule has 1 N–H and O–H groups in total. The lowest BCUT2D eigenvalue weighted by molar-refractivity contribution is -0.132. The molecule has 0 radical (unpaired) electrons. The lowest BCUT2D eigenvalue weighted by Gasteiger charge is -2.24. The second-order valence-corrected chi connectivity index (χ2v) is 7.10. The summed E-state index contributed by atoms with van der Waals surface area (Å²) in [7, 11) is 1.86. The maximum atomic E-state index is 12.6. The first-order valence-corrected chi connectivity index (χ1v) is 8.49. The minimum absolute atomic E-state index is 0.125. The lowest BCUT2D eigenvalue weighted by atomic mass is 9.96. The molecule has 3 rings (SSSR count). The van der Waals surface area contributed by atoms with Crippen molar-refractivity contribution in [1.82, 2.24) is 15.1 Å². The molecule has 0 aromatic heterocycles. The van der Waals surface area contributed by atoms with Crippen LogP contribution in [0.2, 0.25) is 5.02 Å². The Morgan fingerprint density at radius 3 is 2.62 bits per heavy atom. The van der Waals surface area contributed by atoms with Crippen molar-refractivity contribution in [2.24, 2.45) is 5.92 Å². The molecule has 0 unspecified atom stereocenters. The first-order valence-electron chi connectivity index (χ1n) is 8.11. The Hall–Kier alpha value is -1.79. The van der Waals surface area contributed by atoms with Crippen molar-refractivity contribution in [3.8, 4) is 5.75 Å². The quantitative estimate of drug-likeness (QED) is 0.766. The third-order valence-corrected chi connectivity index (χ3v) is 4.89. The molecule has 1 aliphatic heterocycles. The number of ether oxygens (including phenoxy) is 1. The minimum Gasteiger partial charge on any atom is -0.492 e. The summed E-state index contributed by atoms with van der Waals surface area (Å²) in [6.45, 7) is 3.15. The number of hydrogen-bond donors (Lipinski definition) is 1. The number of carbonyl (C=O) groups excluding carboxylic acids is 2. The van der Waals surface area contributed by atoms with Crippen LogP contribution in [-0.2, 0) is 4.79 Å². The van der Waals surface area contributed by atoms with E-state index < -0.39 is 5.54 Å². The Kier molecular flexibility index (Phi) is 4.69. The molecular formula is C17H22ClN3O3. The summed E-state index contributed by atoms with van der Waals surface area (Å²) in [6.07, 6.45) is 2.00. The van der Waals surface area contributed by atoms with Crippen molar-refractivity contribution in [2.75, 3.05) is 26.9 Å². The van der Waals surface area contributed by atoms with Crippen molar-refractivity contribution < 1.29 is 14.3 Å². The highest BCUT2D eigenvalue weighted by atomic mass is 35.5. The number of carbonyl (C=O) groups is 2. The van der Waals surface area contributed by atoms with Crippen molar-refractivity contribution in [3.63, 3.8) is 0 Å². The van der Waals surface area contributed by atoms with Gasteiger partial charge in [-0.25, -0.2) is 9.69 Å². The van der Waals surface area contributed by atoms with E-state index >= 15 is 0 Å². The van der Waals surface area contributed by atoms with Gasteiger partial charge < -0.3 is 10.1 Å².